The number of benzene rings is 1. The zero-order valence-electron chi connectivity index (χ0n) is 18.8. The largest absolute Gasteiger partial charge is 0.364 e. The Morgan fingerprint density at radius 3 is 2.57 bits per heavy atom. The topological polar surface area (TPSA) is 149 Å². The SMILES string of the molecule is C=CC(=O)N1CCCCC1c1nc(-c2ccc(C(=O)Nc3cc(I)ccn3)cc2)c(C(N)=O)n1N. The van der Waals surface area contributed by atoms with Crippen molar-refractivity contribution in [3.05, 3.63) is 75.9 Å². The van der Waals surface area contributed by atoms with Crippen molar-refractivity contribution in [2.24, 2.45) is 5.73 Å². The molecule has 180 valence electrons. The van der Waals surface area contributed by atoms with Crippen molar-refractivity contribution in [1.82, 2.24) is 19.5 Å². The summed E-state index contributed by atoms with van der Waals surface area (Å²) in [6, 6.07) is 9.75. The molecule has 3 aromatic rings. The molecule has 1 fully saturated rings. The molecule has 0 bridgehead atoms. The Bertz CT molecular complexity index is 1300. The van der Waals surface area contributed by atoms with Crippen LogP contribution < -0.4 is 16.9 Å². The number of aromatic nitrogens is 3. The van der Waals surface area contributed by atoms with E-state index in [1.807, 2.05) is 6.07 Å². The molecule has 0 aliphatic carbocycles. The number of hydrogen-bond donors (Lipinski definition) is 3. The van der Waals surface area contributed by atoms with Crippen molar-refractivity contribution < 1.29 is 14.4 Å². The molecule has 10 nitrogen and oxygen atoms in total. The van der Waals surface area contributed by atoms with Gasteiger partial charge in [-0.05, 0) is 72.2 Å². The van der Waals surface area contributed by atoms with Crippen LogP contribution in [0.2, 0.25) is 0 Å². The second-order valence-electron chi connectivity index (χ2n) is 8.04. The van der Waals surface area contributed by atoms with Crippen LogP contribution in [-0.2, 0) is 4.79 Å². The van der Waals surface area contributed by atoms with Gasteiger partial charge in [-0.15, -0.1) is 0 Å². The average Bonchev–Trinajstić information content (AvgIpc) is 3.20. The first-order valence-corrected chi connectivity index (χ1v) is 12.0. The Labute approximate surface area is 215 Å². The molecular formula is C24H24IN7O3. The third-order valence-corrected chi connectivity index (χ3v) is 6.49. The molecule has 1 aliphatic heterocycles. The fraction of sp³-hybridized carbons (Fsp3) is 0.208. The number of nitrogens with two attached hydrogens (primary N) is 2. The molecule has 1 saturated heterocycles. The van der Waals surface area contributed by atoms with Crippen LogP contribution in [0.5, 0.6) is 0 Å². The molecule has 0 saturated carbocycles. The summed E-state index contributed by atoms with van der Waals surface area (Å²) in [5, 5.41) is 2.75. The van der Waals surface area contributed by atoms with Crippen LogP contribution in [0.15, 0.2) is 55.3 Å². The van der Waals surface area contributed by atoms with Crippen LogP contribution in [-0.4, -0.2) is 43.8 Å². The molecular weight excluding hydrogens is 561 g/mol. The summed E-state index contributed by atoms with van der Waals surface area (Å²) in [7, 11) is 0. The standard InChI is InChI=1S/C24H24IN7O3/c1-2-19(33)31-12-4-3-5-17(31)23-30-20(21(22(26)34)32(23)27)14-6-8-15(9-7-14)24(35)29-18-13-16(25)10-11-28-18/h2,6-11,13,17H,1,3-5,12,27H2,(H2,26,34)(H,28,29,35). The first kappa shape index (κ1) is 24.4. The minimum atomic E-state index is -0.745. The van der Waals surface area contributed by atoms with E-state index in [1.165, 1.54) is 10.8 Å². The molecule has 35 heavy (non-hydrogen) atoms. The van der Waals surface area contributed by atoms with Crippen LogP contribution in [0.3, 0.4) is 0 Å². The van der Waals surface area contributed by atoms with Gasteiger partial charge in [-0.25, -0.2) is 14.6 Å². The van der Waals surface area contributed by atoms with E-state index >= 15 is 0 Å². The second kappa shape index (κ2) is 10.3. The molecule has 0 radical (unpaired) electrons. The number of imidazole rings is 1. The number of piperidine rings is 1. The number of amides is 3. The Morgan fingerprint density at radius 2 is 1.91 bits per heavy atom. The van der Waals surface area contributed by atoms with Gasteiger partial charge in [0.05, 0.1) is 6.04 Å². The molecule has 3 amide bonds. The zero-order chi connectivity index (χ0) is 25.1. The number of nitrogens with zero attached hydrogens (tertiary/aromatic N) is 4. The quantitative estimate of drug-likeness (QED) is 0.230. The number of pyridine rings is 1. The lowest BCUT2D eigenvalue weighted by Gasteiger charge is -2.34. The third-order valence-electron chi connectivity index (χ3n) is 5.81. The van der Waals surface area contributed by atoms with Crippen LogP contribution in [0.1, 0.15) is 52.0 Å². The fourth-order valence-electron chi connectivity index (χ4n) is 4.14. The van der Waals surface area contributed by atoms with E-state index in [-0.39, 0.29) is 23.2 Å². The first-order chi connectivity index (χ1) is 16.8. The predicted octanol–water partition coefficient (Wildman–Crippen LogP) is 2.85. The molecule has 11 heteroatoms. The number of carbonyl (C=O) groups excluding carboxylic acids is 3. The molecule has 5 N–H and O–H groups in total. The van der Waals surface area contributed by atoms with E-state index in [2.05, 4.69) is 44.5 Å². The minimum Gasteiger partial charge on any atom is -0.364 e. The van der Waals surface area contributed by atoms with E-state index in [1.54, 1.807) is 41.4 Å². The molecule has 2 aromatic heterocycles. The number of primary amides is 1. The van der Waals surface area contributed by atoms with E-state index in [9.17, 15) is 14.4 Å². The van der Waals surface area contributed by atoms with E-state index in [0.29, 0.717) is 35.7 Å². The molecule has 0 spiro atoms. The van der Waals surface area contributed by atoms with Gasteiger partial charge in [-0.3, -0.25) is 14.4 Å². The van der Waals surface area contributed by atoms with Gasteiger partial charge in [0.25, 0.3) is 11.8 Å². The number of carbonyl (C=O) groups is 3. The summed E-state index contributed by atoms with van der Waals surface area (Å²) in [4.78, 5) is 47.8. The highest BCUT2D eigenvalue weighted by Gasteiger charge is 2.33. The molecule has 3 heterocycles. The maximum atomic E-state index is 12.6. The van der Waals surface area contributed by atoms with Gasteiger partial charge in [-0.1, -0.05) is 18.7 Å². The number of hydrogen-bond acceptors (Lipinski definition) is 6. The minimum absolute atomic E-state index is 0.0248. The zero-order valence-corrected chi connectivity index (χ0v) is 20.9. The summed E-state index contributed by atoms with van der Waals surface area (Å²) in [5.41, 5.74) is 6.92. The van der Waals surface area contributed by atoms with E-state index in [4.69, 9.17) is 11.6 Å². The summed E-state index contributed by atoms with van der Waals surface area (Å²) < 4.78 is 2.11. The first-order valence-electron chi connectivity index (χ1n) is 10.9. The number of likely N-dealkylation sites (tertiary alicyclic amines) is 1. The fourth-order valence-corrected chi connectivity index (χ4v) is 4.60. The molecule has 1 unspecified atom stereocenters. The molecule has 4 rings (SSSR count). The monoisotopic (exact) mass is 585 g/mol. The Hall–Kier alpha value is -3.74. The van der Waals surface area contributed by atoms with Gasteiger partial charge in [0.2, 0.25) is 5.91 Å². The molecule has 1 atom stereocenters. The highest BCUT2D eigenvalue weighted by molar-refractivity contribution is 14.1. The number of nitrogens with one attached hydrogen (secondary N) is 1. The predicted molar refractivity (Wildman–Crippen MR) is 140 cm³/mol. The van der Waals surface area contributed by atoms with Gasteiger partial charge in [0.15, 0.2) is 11.5 Å². The maximum absolute atomic E-state index is 12.6. The van der Waals surface area contributed by atoms with Crippen LogP contribution in [0.4, 0.5) is 5.82 Å². The van der Waals surface area contributed by atoms with E-state index in [0.717, 1.165) is 16.4 Å². The van der Waals surface area contributed by atoms with Crippen molar-refractivity contribution in [2.75, 3.05) is 17.7 Å². The molecule has 1 aromatic carbocycles. The smallest absolute Gasteiger partial charge is 0.269 e. The van der Waals surface area contributed by atoms with Crippen LogP contribution >= 0.6 is 22.6 Å². The van der Waals surface area contributed by atoms with E-state index < -0.39 is 11.9 Å². The summed E-state index contributed by atoms with van der Waals surface area (Å²) in [6.07, 6.45) is 5.27. The normalized spacial score (nSPS) is 15.5. The number of nitrogen functional groups attached to an aromatic ring is 1. The van der Waals surface area contributed by atoms with Crippen molar-refractivity contribution in [3.8, 4) is 11.3 Å². The van der Waals surface area contributed by atoms with Gasteiger partial charge < -0.3 is 21.8 Å². The lowest BCUT2D eigenvalue weighted by atomic mass is 10.0. The summed E-state index contributed by atoms with van der Waals surface area (Å²) in [6.45, 7) is 4.12. The second-order valence-corrected chi connectivity index (χ2v) is 9.29. The van der Waals surface area contributed by atoms with Gasteiger partial charge in [-0.2, -0.15) is 0 Å². The third kappa shape index (κ3) is 5.04. The van der Waals surface area contributed by atoms with Crippen LogP contribution in [0, 0.1) is 3.57 Å². The highest BCUT2D eigenvalue weighted by Crippen LogP contribution is 2.33. The number of rotatable bonds is 6. The maximum Gasteiger partial charge on any atom is 0.269 e. The lowest BCUT2D eigenvalue weighted by molar-refractivity contribution is -0.129. The van der Waals surface area contributed by atoms with Crippen molar-refractivity contribution in [3.63, 3.8) is 0 Å². The Kier molecular flexibility index (Phi) is 7.15. The summed E-state index contributed by atoms with van der Waals surface area (Å²) >= 11 is 2.14. The van der Waals surface area contributed by atoms with Gasteiger partial charge in [0.1, 0.15) is 11.5 Å². The lowest BCUT2D eigenvalue weighted by Crippen LogP contribution is -2.39. The summed E-state index contributed by atoms with van der Waals surface area (Å²) in [5.74, 6) is 5.79. The average molecular weight is 585 g/mol. The number of anilines is 1. The van der Waals surface area contributed by atoms with Crippen molar-refractivity contribution in [1.29, 1.82) is 0 Å². The highest BCUT2D eigenvalue weighted by atomic mass is 127. The van der Waals surface area contributed by atoms with Gasteiger partial charge in [0, 0.05) is 27.4 Å². The van der Waals surface area contributed by atoms with Crippen molar-refractivity contribution >= 4 is 46.1 Å². The Morgan fingerprint density at radius 1 is 1.17 bits per heavy atom. The Balaban J connectivity index is 1.65. The van der Waals surface area contributed by atoms with Gasteiger partial charge >= 0.3 is 0 Å². The number of halogens is 1. The molecule has 1 aliphatic rings. The van der Waals surface area contributed by atoms with Crippen molar-refractivity contribution in [2.45, 2.75) is 25.3 Å². The van der Waals surface area contributed by atoms with Crippen LogP contribution in [0.25, 0.3) is 11.3 Å².